The molecule has 1 aromatic rings. The Hall–Kier alpha value is -1.22. The van der Waals surface area contributed by atoms with Gasteiger partial charge in [0.15, 0.2) is 5.78 Å². The fourth-order valence-electron chi connectivity index (χ4n) is 1.64. The lowest BCUT2D eigenvalue weighted by molar-refractivity contribution is 0.0974. The fourth-order valence-corrected chi connectivity index (χ4v) is 2.39. The Morgan fingerprint density at radius 1 is 1.35 bits per heavy atom. The molecule has 17 heavy (non-hydrogen) atoms. The Bertz CT molecular complexity index is 530. The van der Waals surface area contributed by atoms with E-state index in [1.165, 1.54) is 10.4 Å². The van der Waals surface area contributed by atoms with E-state index in [1.54, 1.807) is 6.92 Å². The highest BCUT2D eigenvalue weighted by atomic mass is 31.1. The minimum Gasteiger partial charge on any atom is -0.293 e. The molecule has 0 N–H and O–H groups in total. The van der Waals surface area contributed by atoms with Crippen molar-refractivity contribution in [3.05, 3.63) is 32.6 Å². The number of hydrogen-bond donors (Lipinski definition) is 0. The van der Waals surface area contributed by atoms with Crippen LogP contribution in [0, 0.1) is 0 Å². The summed E-state index contributed by atoms with van der Waals surface area (Å²) in [6.45, 7) is 5.76. The van der Waals surface area contributed by atoms with E-state index in [0.717, 1.165) is 4.57 Å². The highest BCUT2D eigenvalue weighted by molar-refractivity contribution is 7.35. The van der Waals surface area contributed by atoms with Crippen LogP contribution in [0.2, 0.25) is 0 Å². The van der Waals surface area contributed by atoms with Crippen LogP contribution in [0.3, 0.4) is 0 Å². The standard InChI is InChI=1S/C11H17N2O3P/c1-4-6-9(14)8-7-10(15)12(5-2)11(16)13(8)17-3/h7,17H,4-6H2,1-3H3. The molecule has 0 aromatic carbocycles. The predicted molar refractivity (Wildman–Crippen MR) is 69.5 cm³/mol. The normalized spacial score (nSPS) is 11.2. The van der Waals surface area contributed by atoms with Gasteiger partial charge in [-0.3, -0.25) is 18.5 Å². The molecule has 1 aromatic heterocycles. The van der Waals surface area contributed by atoms with Crippen molar-refractivity contribution in [1.29, 1.82) is 0 Å². The van der Waals surface area contributed by atoms with E-state index in [0.29, 0.717) is 19.4 Å². The summed E-state index contributed by atoms with van der Waals surface area (Å²) in [7, 11) is 0.144. The maximum Gasteiger partial charge on any atom is 0.334 e. The van der Waals surface area contributed by atoms with Gasteiger partial charge >= 0.3 is 5.69 Å². The molecule has 0 aliphatic rings. The van der Waals surface area contributed by atoms with Gasteiger partial charge in [0.05, 0.1) is 5.69 Å². The Labute approximate surface area is 101 Å². The second kappa shape index (κ2) is 5.92. The molecule has 0 saturated carbocycles. The third kappa shape index (κ3) is 2.72. The van der Waals surface area contributed by atoms with Crippen molar-refractivity contribution < 1.29 is 4.79 Å². The summed E-state index contributed by atoms with van der Waals surface area (Å²) < 4.78 is 2.53. The average Bonchev–Trinajstić information content (AvgIpc) is 2.29. The van der Waals surface area contributed by atoms with Gasteiger partial charge in [-0.25, -0.2) is 4.79 Å². The van der Waals surface area contributed by atoms with Crippen molar-refractivity contribution in [2.75, 3.05) is 6.66 Å². The van der Waals surface area contributed by atoms with Gasteiger partial charge in [-0.05, 0) is 28.7 Å². The molecule has 0 fully saturated rings. The van der Waals surface area contributed by atoms with Gasteiger partial charge < -0.3 is 0 Å². The molecule has 1 heterocycles. The lowest BCUT2D eigenvalue weighted by Gasteiger charge is -2.11. The van der Waals surface area contributed by atoms with Gasteiger partial charge in [-0.1, -0.05) is 6.92 Å². The van der Waals surface area contributed by atoms with Crippen molar-refractivity contribution in [2.24, 2.45) is 0 Å². The average molecular weight is 256 g/mol. The number of aromatic nitrogens is 2. The lowest BCUT2D eigenvalue weighted by atomic mass is 10.2. The van der Waals surface area contributed by atoms with E-state index >= 15 is 0 Å². The molecule has 0 radical (unpaired) electrons. The van der Waals surface area contributed by atoms with E-state index in [1.807, 2.05) is 13.6 Å². The first-order valence-electron chi connectivity index (χ1n) is 5.64. The van der Waals surface area contributed by atoms with Crippen LogP contribution >= 0.6 is 8.73 Å². The maximum atomic E-state index is 12.0. The highest BCUT2D eigenvalue weighted by Crippen LogP contribution is 2.11. The molecule has 1 rings (SSSR count). The Balaban J connectivity index is 3.47. The molecule has 0 saturated heterocycles. The Kier molecular flexibility index (Phi) is 4.82. The lowest BCUT2D eigenvalue weighted by Crippen LogP contribution is -2.39. The van der Waals surface area contributed by atoms with E-state index in [9.17, 15) is 14.4 Å². The number of Topliss-reactive ketones (excluding diaryl/α,β-unsaturated/α-hetero) is 1. The number of carbonyl (C=O) groups is 1. The zero-order valence-electron chi connectivity index (χ0n) is 10.3. The first kappa shape index (κ1) is 13.8. The number of nitrogens with zero attached hydrogens (tertiary/aromatic N) is 2. The van der Waals surface area contributed by atoms with Crippen LogP contribution in [0.1, 0.15) is 37.2 Å². The summed E-state index contributed by atoms with van der Waals surface area (Å²) in [5.41, 5.74) is -0.542. The van der Waals surface area contributed by atoms with Gasteiger partial charge in [-0.15, -0.1) is 0 Å². The van der Waals surface area contributed by atoms with Gasteiger partial charge in [0, 0.05) is 19.0 Å². The summed E-state index contributed by atoms with van der Waals surface area (Å²) in [6.07, 6.45) is 1.07. The summed E-state index contributed by atoms with van der Waals surface area (Å²) in [4.78, 5) is 35.5. The fraction of sp³-hybridized carbons (Fsp3) is 0.545. The van der Waals surface area contributed by atoms with Crippen LogP contribution in [0.15, 0.2) is 15.7 Å². The molecule has 1 atom stereocenters. The number of hydrogen-bond acceptors (Lipinski definition) is 3. The zero-order valence-corrected chi connectivity index (χ0v) is 11.3. The maximum absolute atomic E-state index is 12.0. The van der Waals surface area contributed by atoms with Crippen molar-refractivity contribution in [3.63, 3.8) is 0 Å². The second-order valence-electron chi connectivity index (χ2n) is 3.63. The SMILES string of the molecule is CCCC(=O)c1cc(=O)n(CC)c(=O)n1PC. The second-order valence-corrected chi connectivity index (χ2v) is 4.52. The monoisotopic (exact) mass is 256 g/mol. The summed E-state index contributed by atoms with van der Waals surface area (Å²) in [5.74, 6) is -0.140. The first-order valence-corrected chi connectivity index (χ1v) is 7.09. The Morgan fingerprint density at radius 3 is 2.47 bits per heavy atom. The topological polar surface area (TPSA) is 61.1 Å². The molecule has 0 spiro atoms. The molecular formula is C11H17N2O3P. The minimum atomic E-state index is -0.397. The number of rotatable bonds is 5. The molecule has 0 bridgehead atoms. The van der Waals surface area contributed by atoms with E-state index in [-0.39, 0.29) is 25.9 Å². The first-order chi connectivity index (χ1) is 8.06. The van der Waals surface area contributed by atoms with Crippen LogP contribution in [0.4, 0.5) is 0 Å². The van der Waals surface area contributed by atoms with E-state index < -0.39 is 5.56 Å². The zero-order chi connectivity index (χ0) is 13.0. The molecule has 0 aliphatic carbocycles. The minimum absolute atomic E-state index is 0.140. The largest absolute Gasteiger partial charge is 0.334 e. The van der Waals surface area contributed by atoms with Gasteiger partial charge in [0.2, 0.25) is 0 Å². The van der Waals surface area contributed by atoms with Crippen LogP contribution in [0.5, 0.6) is 0 Å². The molecule has 94 valence electrons. The quantitative estimate of drug-likeness (QED) is 0.585. The molecule has 6 heteroatoms. The van der Waals surface area contributed by atoms with Gasteiger partial charge in [-0.2, -0.15) is 0 Å². The van der Waals surface area contributed by atoms with Gasteiger partial charge in [0.25, 0.3) is 5.56 Å². The van der Waals surface area contributed by atoms with Crippen LogP contribution < -0.4 is 11.2 Å². The van der Waals surface area contributed by atoms with Crippen LogP contribution in [-0.2, 0) is 6.54 Å². The van der Waals surface area contributed by atoms with E-state index in [4.69, 9.17) is 0 Å². The van der Waals surface area contributed by atoms with Crippen molar-refractivity contribution in [1.82, 2.24) is 8.90 Å². The predicted octanol–water partition coefficient (Wildman–Crippen LogP) is 1.08. The molecule has 5 nitrogen and oxygen atoms in total. The van der Waals surface area contributed by atoms with Crippen LogP contribution in [0.25, 0.3) is 0 Å². The highest BCUT2D eigenvalue weighted by Gasteiger charge is 2.14. The van der Waals surface area contributed by atoms with Crippen LogP contribution in [-0.4, -0.2) is 21.4 Å². The molecular weight excluding hydrogens is 239 g/mol. The van der Waals surface area contributed by atoms with Crippen molar-refractivity contribution >= 4 is 14.5 Å². The number of carbonyl (C=O) groups excluding carboxylic acids is 1. The van der Waals surface area contributed by atoms with Gasteiger partial charge in [0.1, 0.15) is 0 Å². The Morgan fingerprint density at radius 2 is 2.00 bits per heavy atom. The third-order valence-electron chi connectivity index (χ3n) is 2.49. The summed E-state index contributed by atoms with van der Waals surface area (Å²) in [6, 6.07) is 1.28. The van der Waals surface area contributed by atoms with Crippen molar-refractivity contribution in [3.8, 4) is 0 Å². The third-order valence-corrected chi connectivity index (χ3v) is 3.37. The summed E-state index contributed by atoms with van der Waals surface area (Å²) in [5, 5.41) is 0. The summed E-state index contributed by atoms with van der Waals surface area (Å²) >= 11 is 0. The smallest absolute Gasteiger partial charge is 0.293 e. The number of ketones is 1. The van der Waals surface area contributed by atoms with E-state index in [2.05, 4.69) is 0 Å². The van der Waals surface area contributed by atoms with Crippen molar-refractivity contribution in [2.45, 2.75) is 33.2 Å². The molecule has 1 unspecified atom stereocenters. The molecule has 0 amide bonds. The molecule has 0 aliphatic heterocycles.